The fraction of sp³-hybridized carbons (Fsp3) is 0. The summed E-state index contributed by atoms with van der Waals surface area (Å²) in [5.41, 5.74) is 24.7. The van der Waals surface area contributed by atoms with Crippen molar-refractivity contribution in [2.24, 2.45) is 0 Å². The highest BCUT2D eigenvalue weighted by molar-refractivity contribution is 6.13. The lowest BCUT2D eigenvalue weighted by molar-refractivity contribution is 0.111. The van der Waals surface area contributed by atoms with Crippen molar-refractivity contribution in [2.45, 2.75) is 0 Å². The van der Waals surface area contributed by atoms with Gasteiger partial charge in [0, 0.05) is 44.5 Å². The lowest BCUT2D eigenvalue weighted by atomic mass is 9.79. The molecule has 0 fully saturated rings. The number of hydrogen-bond donors (Lipinski definition) is 2. The molecule has 6 nitrogen and oxygen atoms in total. The van der Waals surface area contributed by atoms with E-state index in [0.29, 0.717) is 44.8 Å². The summed E-state index contributed by atoms with van der Waals surface area (Å²) in [6.07, 6.45) is 3.16. The first-order valence-electron chi connectivity index (χ1n) is 14.5. The molecule has 0 aromatic heterocycles. The standard InChI is InChI=1S/C40H28N2O4/c41-39-37(32-19-11-28(24-46)12-20-32)35(30-15-7-26(22-44)8-16-30)36(31-17-9-27(23-45)10-18-31)38(40(39)42)34-4-2-1-3-33(34)29-13-5-25(21-43)6-14-29/h1-24H,41-42H2. The van der Waals surface area contributed by atoms with E-state index >= 15 is 0 Å². The Morgan fingerprint density at radius 2 is 0.630 bits per heavy atom. The number of nitrogens with two attached hydrogens (primary N) is 2. The third kappa shape index (κ3) is 5.40. The average molecular weight is 601 g/mol. The van der Waals surface area contributed by atoms with E-state index in [-0.39, 0.29) is 0 Å². The molecule has 0 amide bonds. The molecular weight excluding hydrogens is 572 g/mol. The van der Waals surface area contributed by atoms with E-state index in [4.69, 9.17) is 11.5 Å². The number of nitrogen functional groups attached to an aromatic ring is 2. The molecule has 6 aromatic carbocycles. The van der Waals surface area contributed by atoms with Crippen LogP contribution in [0.1, 0.15) is 41.4 Å². The lowest BCUT2D eigenvalue weighted by Crippen LogP contribution is -2.06. The zero-order valence-corrected chi connectivity index (χ0v) is 24.6. The van der Waals surface area contributed by atoms with Crippen LogP contribution in [-0.4, -0.2) is 25.1 Å². The van der Waals surface area contributed by atoms with Gasteiger partial charge in [0.1, 0.15) is 25.1 Å². The van der Waals surface area contributed by atoms with Crippen molar-refractivity contribution in [3.8, 4) is 55.6 Å². The first-order chi connectivity index (χ1) is 22.5. The van der Waals surface area contributed by atoms with Crippen molar-refractivity contribution >= 4 is 36.5 Å². The van der Waals surface area contributed by atoms with Gasteiger partial charge in [0.2, 0.25) is 0 Å². The van der Waals surface area contributed by atoms with Crippen molar-refractivity contribution in [1.82, 2.24) is 0 Å². The van der Waals surface area contributed by atoms with Crippen LogP contribution in [0.5, 0.6) is 0 Å². The molecule has 0 atom stereocenters. The highest BCUT2D eigenvalue weighted by atomic mass is 16.1. The quantitative estimate of drug-likeness (QED) is 0.127. The van der Waals surface area contributed by atoms with Gasteiger partial charge >= 0.3 is 0 Å². The molecule has 0 saturated heterocycles. The van der Waals surface area contributed by atoms with Crippen LogP contribution in [0.4, 0.5) is 11.4 Å². The first-order valence-corrected chi connectivity index (χ1v) is 14.5. The highest BCUT2D eigenvalue weighted by Crippen LogP contribution is 2.53. The van der Waals surface area contributed by atoms with Crippen LogP contribution in [0, 0.1) is 0 Å². The summed E-state index contributed by atoms with van der Waals surface area (Å²) in [4.78, 5) is 46.1. The predicted octanol–water partition coefficient (Wildman–Crippen LogP) is 8.44. The largest absolute Gasteiger partial charge is 0.397 e. The number of anilines is 2. The van der Waals surface area contributed by atoms with E-state index in [0.717, 1.165) is 69.7 Å². The Balaban J connectivity index is 1.78. The minimum Gasteiger partial charge on any atom is -0.397 e. The van der Waals surface area contributed by atoms with Crippen molar-refractivity contribution in [1.29, 1.82) is 0 Å². The Morgan fingerprint density at radius 3 is 1.02 bits per heavy atom. The van der Waals surface area contributed by atoms with Gasteiger partial charge in [-0.2, -0.15) is 0 Å². The molecule has 0 heterocycles. The number of aldehydes is 4. The van der Waals surface area contributed by atoms with Gasteiger partial charge in [-0.1, -0.05) is 121 Å². The van der Waals surface area contributed by atoms with Crippen molar-refractivity contribution in [3.05, 3.63) is 144 Å². The Kier molecular flexibility index (Phi) is 8.18. The van der Waals surface area contributed by atoms with Gasteiger partial charge in [-0.25, -0.2) is 0 Å². The molecule has 0 aliphatic carbocycles. The van der Waals surface area contributed by atoms with Crippen LogP contribution < -0.4 is 11.5 Å². The zero-order valence-electron chi connectivity index (χ0n) is 24.6. The van der Waals surface area contributed by atoms with Gasteiger partial charge in [-0.05, 0) is 33.4 Å². The summed E-state index contributed by atoms with van der Waals surface area (Å²) in [5.74, 6) is 0. The smallest absolute Gasteiger partial charge is 0.150 e. The predicted molar refractivity (Wildman–Crippen MR) is 184 cm³/mol. The van der Waals surface area contributed by atoms with Crippen LogP contribution in [0.15, 0.2) is 121 Å². The maximum absolute atomic E-state index is 11.6. The molecule has 0 aliphatic heterocycles. The van der Waals surface area contributed by atoms with E-state index in [1.165, 1.54) is 0 Å². The van der Waals surface area contributed by atoms with Gasteiger partial charge in [0.15, 0.2) is 0 Å². The van der Waals surface area contributed by atoms with Crippen molar-refractivity contribution in [3.63, 3.8) is 0 Å². The molecule has 46 heavy (non-hydrogen) atoms. The minimum atomic E-state index is 0.350. The molecular formula is C40H28N2O4. The fourth-order valence-corrected chi connectivity index (χ4v) is 5.82. The molecule has 222 valence electrons. The first kappa shape index (κ1) is 29.7. The molecule has 0 radical (unpaired) electrons. The number of benzene rings is 6. The lowest BCUT2D eigenvalue weighted by Gasteiger charge is -2.26. The monoisotopic (exact) mass is 600 g/mol. The molecule has 6 heteroatoms. The Hall–Kier alpha value is -6.40. The molecule has 0 bridgehead atoms. The molecule has 6 aromatic rings. The summed E-state index contributed by atoms with van der Waals surface area (Å²) >= 11 is 0. The molecule has 0 saturated carbocycles. The van der Waals surface area contributed by atoms with Crippen LogP contribution in [0.2, 0.25) is 0 Å². The number of hydrogen-bond acceptors (Lipinski definition) is 6. The second-order valence-electron chi connectivity index (χ2n) is 10.8. The van der Waals surface area contributed by atoms with E-state index in [9.17, 15) is 19.2 Å². The van der Waals surface area contributed by atoms with Crippen molar-refractivity contribution in [2.75, 3.05) is 11.5 Å². The third-order valence-electron chi connectivity index (χ3n) is 8.14. The van der Waals surface area contributed by atoms with Crippen LogP contribution in [0.25, 0.3) is 55.6 Å². The number of rotatable bonds is 9. The van der Waals surface area contributed by atoms with Gasteiger partial charge in [0.25, 0.3) is 0 Å². The summed E-state index contributed by atoms with van der Waals surface area (Å²) in [6.45, 7) is 0. The van der Waals surface area contributed by atoms with E-state index in [1.807, 2.05) is 72.8 Å². The molecule has 4 N–H and O–H groups in total. The molecule has 0 unspecified atom stereocenters. The third-order valence-corrected chi connectivity index (χ3v) is 8.14. The summed E-state index contributed by atoms with van der Waals surface area (Å²) in [6, 6.07) is 36.8. The Morgan fingerprint density at radius 1 is 0.326 bits per heavy atom. The van der Waals surface area contributed by atoms with E-state index < -0.39 is 0 Å². The summed E-state index contributed by atoms with van der Waals surface area (Å²) in [7, 11) is 0. The topological polar surface area (TPSA) is 120 Å². The molecule has 0 aliphatic rings. The number of carbonyl (C=O) groups is 4. The van der Waals surface area contributed by atoms with Gasteiger partial charge in [0.05, 0.1) is 11.4 Å². The van der Waals surface area contributed by atoms with E-state index in [1.54, 1.807) is 48.5 Å². The summed E-state index contributed by atoms with van der Waals surface area (Å²) in [5, 5.41) is 0. The highest BCUT2D eigenvalue weighted by Gasteiger charge is 2.27. The maximum atomic E-state index is 11.6. The van der Waals surface area contributed by atoms with Crippen LogP contribution >= 0.6 is 0 Å². The zero-order chi connectivity index (χ0) is 32.2. The maximum Gasteiger partial charge on any atom is 0.150 e. The second-order valence-corrected chi connectivity index (χ2v) is 10.8. The van der Waals surface area contributed by atoms with Gasteiger partial charge in [-0.15, -0.1) is 0 Å². The van der Waals surface area contributed by atoms with Crippen molar-refractivity contribution < 1.29 is 19.2 Å². The summed E-state index contributed by atoms with van der Waals surface area (Å²) < 4.78 is 0. The Labute approximate surface area is 266 Å². The van der Waals surface area contributed by atoms with Crippen LogP contribution in [0.3, 0.4) is 0 Å². The minimum absolute atomic E-state index is 0.350. The van der Waals surface area contributed by atoms with Crippen LogP contribution in [-0.2, 0) is 0 Å². The van der Waals surface area contributed by atoms with E-state index in [2.05, 4.69) is 0 Å². The average Bonchev–Trinajstić information content (AvgIpc) is 3.12. The van der Waals surface area contributed by atoms with Gasteiger partial charge < -0.3 is 11.5 Å². The fourth-order valence-electron chi connectivity index (χ4n) is 5.82. The molecule has 0 spiro atoms. The SMILES string of the molecule is Nc1c(N)c(-c2ccccc2-c2ccc(C=O)cc2)c(-c2ccc(C=O)cc2)c(-c2ccc(C=O)cc2)c1-c1ccc(C=O)cc1. The second kappa shape index (κ2) is 12.7. The normalized spacial score (nSPS) is 10.7. The Bertz CT molecular complexity index is 2100. The van der Waals surface area contributed by atoms with Gasteiger partial charge in [-0.3, -0.25) is 19.2 Å². The molecule has 6 rings (SSSR count). The number of carbonyl (C=O) groups excluding carboxylic acids is 4.